The molecule has 0 aromatic heterocycles. The molecular formula is C18H24N2. The molecule has 1 heterocycles. The third-order valence-electron chi connectivity index (χ3n) is 3.62. The van der Waals surface area contributed by atoms with Gasteiger partial charge < -0.3 is 4.90 Å². The van der Waals surface area contributed by atoms with Crippen molar-refractivity contribution in [3.63, 3.8) is 0 Å². The van der Waals surface area contributed by atoms with Gasteiger partial charge in [0.1, 0.15) is 0 Å². The van der Waals surface area contributed by atoms with Gasteiger partial charge >= 0.3 is 0 Å². The van der Waals surface area contributed by atoms with Crippen molar-refractivity contribution in [1.82, 2.24) is 9.80 Å². The van der Waals surface area contributed by atoms with E-state index in [2.05, 4.69) is 59.4 Å². The van der Waals surface area contributed by atoms with Crippen molar-refractivity contribution < 1.29 is 0 Å². The first kappa shape index (κ1) is 14.6. The molecule has 0 spiro atoms. The van der Waals surface area contributed by atoms with Gasteiger partial charge in [-0.15, -0.1) is 13.2 Å². The number of hydrogen-bond donors (Lipinski definition) is 0. The monoisotopic (exact) mass is 268 g/mol. The van der Waals surface area contributed by atoms with Gasteiger partial charge in [0.2, 0.25) is 0 Å². The molecule has 0 atom stereocenters. The molecule has 0 aliphatic carbocycles. The van der Waals surface area contributed by atoms with Crippen molar-refractivity contribution in [2.45, 2.75) is 13.0 Å². The number of hydrogen-bond acceptors (Lipinski definition) is 2. The summed E-state index contributed by atoms with van der Waals surface area (Å²) >= 11 is 0. The summed E-state index contributed by atoms with van der Waals surface area (Å²) < 4.78 is 0. The molecule has 2 rings (SSSR count). The van der Waals surface area contributed by atoms with Gasteiger partial charge in [0.05, 0.1) is 0 Å². The van der Waals surface area contributed by atoms with Crippen LogP contribution in [0.2, 0.25) is 0 Å². The van der Waals surface area contributed by atoms with Crippen LogP contribution in [0.1, 0.15) is 12.0 Å². The summed E-state index contributed by atoms with van der Waals surface area (Å²) in [7, 11) is 0. The SMILES string of the molecule is C=CCN(CC=C)C1=CCN(Cc2ccccc2)CC1. The van der Waals surface area contributed by atoms with E-state index >= 15 is 0 Å². The largest absolute Gasteiger partial charge is 0.368 e. The van der Waals surface area contributed by atoms with Crippen LogP contribution >= 0.6 is 0 Å². The average Bonchev–Trinajstić information content (AvgIpc) is 2.49. The molecule has 0 unspecified atom stereocenters. The van der Waals surface area contributed by atoms with E-state index in [0.29, 0.717) is 0 Å². The molecule has 1 aliphatic rings. The maximum atomic E-state index is 3.83. The molecule has 1 aromatic rings. The summed E-state index contributed by atoms with van der Waals surface area (Å²) in [5.74, 6) is 0. The molecule has 0 saturated heterocycles. The van der Waals surface area contributed by atoms with Gasteiger partial charge in [0.25, 0.3) is 0 Å². The minimum atomic E-state index is 0.899. The predicted molar refractivity (Wildman–Crippen MR) is 86.4 cm³/mol. The lowest BCUT2D eigenvalue weighted by Crippen LogP contribution is -2.33. The van der Waals surface area contributed by atoms with Gasteiger partial charge in [0.15, 0.2) is 0 Å². The van der Waals surface area contributed by atoms with Crippen LogP contribution < -0.4 is 0 Å². The van der Waals surface area contributed by atoms with E-state index in [0.717, 1.165) is 39.1 Å². The first-order valence-corrected chi connectivity index (χ1v) is 7.25. The number of rotatable bonds is 7. The second-order valence-corrected chi connectivity index (χ2v) is 5.15. The van der Waals surface area contributed by atoms with E-state index in [-0.39, 0.29) is 0 Å². The van der Waals surface area contributed by atoms with Crippen LogP contribution in [0.4, 0.5) is 0 Å². The Kier molecular flexibility index (Phi) is 5.63. The quantitative estimate of drug-likeness (QED) is 0.699. The molecular weight excluding hydrogens is 244 g/mol. The fourth-order valence-electron chi connectivity index (χ4n) is 2.59. The van der Waals surface area contributed by atoms with E-state index < -0.39 is 0 Å². The Bertz CT molecular complexity index is 452. The zero-order chi connectivity index (χ0) is 14.2. The lowest BCUT2D eigenvalue weighted by atomic mass is 10.1. The minimum absolute atomic E-state index is 0.899. The molecule has 2 nitrogen and oxygen atoms in total. The molecule has 2 heteroatoms. The van der Waals surface area contributed by atoms with Gasteiger partial charge in [-0.1, -0.05) is 48.6 Å². The fraction of sp³-hybridized carbons (Fsp3) is 0.333. The van der Waals surface area contributed by atoms with Crippen LogP contribution in [0.5, 0.6) is 0 Å². The average molecular weight is 268 g/mol. The summed E-state index contributed by atoms with van der Waals surface area (Å²) in [6.45, 7) is 12.6. The Morgan fingerprint density at radius 3 is 2.35 bits per heavy atom. The molecule has 0 radical (unpaired) electrons. The topological polar surface area (TPSA) is 6.48 Å². The zero-order valence-electron chi connectivity index (χ0n) is 12.2. The summed E-state index contributed by atoms with van der Waals surface area (Å²) in [6.07, 6.45) is 7.37. The third-order valence-corrected chi connectivity index (χ3v) is 3.62. The second kappa shape index (κ2) is 7.71. The zero-order valence-corrected chi connectivity index (χ0v) is 12.2. The van der Waals surface area contributed by atoms with Crippen LogP contribution in [-0.4, -0.2) is 36.0 Å². The Hall–Kier alpha value is -1.80. The highest BCUT2D eigenvalue weighted by molar-refractivity contribution is 5.16. The Morgan fingerprint density at radius 1 is 1.10 bits per heavy atom. The maximum Gasteiger partial charge on any atom is 0.0357 e. The highest BCUT2D eigenvalue weighted by Gasteiger charge is 2.15. The van der Waals surface area contributed by atoms with Crippen LogP contribution in [-0.2, 0) is 6.54 Å². The normalized spacial score (nSPS) is 15.5. The van der Waals surface area contributed by atoms with E-state index in [4.69, 9.17) is 0 Å². The lowest BCUT2D eigenvalue weighted by molar-refractivity contribution is 0.260. The highest BCUT2D eigenvalue weighted by atomic mass is 15.2. The third kappa shape index (κ3) is 4.10. The summed E-state index contributed by atoms with van der Waals surface area (Å²) in [4.78, 5) is 4.83. The van der Waals surface area contributed by atoms with E-state index in [1.165, 1.54) is 11.3 Å². The van der Waals surface area contributed by atoms with Crippen molar-refractivity contribution in [2.24, 2.45) is 0 Å². The molecule has 0 amide bonds. The Labute approximate surface area is 122 Å². The lowest BCUT2D eigenvalue weighted by Gasteiger charge is -2.32. The first-order chi connectivity index (χ1) is 9.83. The predicted octanol–water partition coefficient (Wildman–Crippen LogP) is 3.45. The van der Waals surface area contributed by atoms with Gasteiger partial charge in [-0.3, -0.25) is 4.90 Å². The molecule has 0 saturated carbocycles. The summed E-state index contributed by atoms with van der Waals surface area (Å²) in [5, 5.41) is 0. The molecule has 106 valence electrons. The van der Waals surface area contributed by atoms with E-state index in [1.54, 1.807) is 0 Å². The first-order valence-electron chi connectivity index (χ1n) is 7.25. The van der Waals surface area contributed by atoms with Gasteiger partial charge in [-0.25, -0.2) is 0 Å². The Morgan fingerprint density at radius 2 is 1.80 bits per heavy atom. The fourth-order valence-corrected chi connectivity index (χ4v) is 2.59. The van der Waals surface area contributed by atoms with Crippen LogP contribution in [0, 0.1) is 0 Å². The van der Waals surface area contributed by atoms with Crippen LogP contribution in [0.25, 0.3) is 0 Å². The minimum Gasteiger partial charge on any atom is -0.368 e. The molecule has 0 fully saturated rings. The summed E-state index contributed by atoms with van der Waals surface area (Å²) in [5.41, 5.74) is 2.81. The molecule has 1 aromatic carbocycles. The van der Waals surface area contributed by atoms with E-state index in [1.807, 2.05) is 12.2 Å². The van der Waals surface area contributed by atoms with Crippen molar-refractivity contribution in [3.8, 4) is 0 Å². The van der Waals surface area contributed by atoms with Crippen LogP contribution in [0.15, 0.2) is 67.4 Å². The smallest absolute Gasteiger partial charge is 0.0357 e. The van der Waals surface area contributed by atoms with Crippen molar-refractivity contribution in [1.29, 1.82) is 0 Å². The molecule has 0 N–H and O–H groups in total. The van der Waals surface area contributed by atoms with Gasteiger partial charge in [-0.05, 0) is 12.0 Å². The number of benzene rings is 1. The maximum absolute atomic E-state index is 3.83. The second-order valence-electron chi connectivity index (χ2n) is 5.15. The van der Waals surface area contributed by atoms with Crippen molar-refractivity contribution in [2.75, 3.05) is 26.2 Å². The van der Waals surface area contributed by atoms with Crippen molar-refractivity contribution >= 4 is 0 Å². The van der Waals surface area contributed by atoms with Gasteiger partial charge in [0, 0.05) is 38.4 Å². The van der Waals surface area contributed by atoms with E-state index in [9.17, 15) is 0 Å². The standard InChI is InChI=1S/C18H24N2/c1-3-12-20(13-4-2)18-10-14-19(15-11-18)16-17-8-6-5-7-9-17/h3-10H,1-2,11-16H2. The highest BCUT2D eigenvalue weighted by Crippen LogP contribution is 2.17. The molecule has 1 aliphatic heterocycles. The van der Waals surface area contributed by atoms with Crippen LogP contribution in [0.3, 0.4) is 0 Å². The number of nitrogens with zero attached hydrogens (tertiary/aromatic N) is 2. The summed E-state index contributed by atoms with van der Waals surface area (Å²) in [6, 6.07) is 10.7. The Balaban J connectivity index is 1.92. The van der Waals surface area contributed by atoms with Crippen molar-refractivity contribution in [3.05, 3.63) is 73.0 Å². The van der Waals surface area contributed by atoms with Gasteiger partial charge in [-0.2, -0.15) is 0 Å². The molecule has 20 heavy (non-hydrogen) atoms. The molecule has 0 bridgehead atoms.